The minimum atomic E-state index is -0.684. The molecule has 1 fully saturated rings. The second kappa shape index (κ2) is 6.36. The van der Waals surface area contributed by atoms with Crippen molar-refractivity contribution < 1.29 is 4.79 Å². The Morgan fingerprint density at radius 3 is 2.50 bits per heavy atom. The van der Waals surface area contributed by atoms with E-state index in [1.807, 2.05) is 4.68 Å². The number of primary amides is 1. The third-order valence-corrected chi connectivity index (χ3v) is 4.90. The van der Waals surface area contributed by atoms with Crippen molar-refractivity contribution in [1.82, 2.24) is 29.5 Å². The van der Waals surface area contributed by atoms with Gasteiger partial charge in [-0.2, -0.15) is 10.2 Å². The quantitative estimate of drug-likeness (QED) is 0.685. The molecular formula is C18H21N7O. The topological polar surface area (TPSA) is 105 Å². The van der Waals surface area contributed by atoms with Gasteiger partial charge in [0.15, 0.2) is 5.82 Å². The van der Waals surface area contributed by atoms with Crippen LogP contribution in [0.2, 0.25) is 0 Å². The zero-order valence-corrected chi connectivity index (χ0v) is 14.7. The summed E-state index contributed by atoms with van der Waals surface area (Å²) in [4.78, 5) is 20.6. The Morgan fingerprint density at radius 2 is 1.92 bits per heavy atom. The Hall–Kier alpha value is -3.03. The lowest BCUT2D eigenvalue weighted by Crippen LogP contribution is -2.31. The molecule has 1 amide bonds. The van der Waals surface area contributed by atoms with Crippen LogP contribution in [0.15, 0.2) is 36.9 Å². The van der Waals surface area contributed by atoms with Crippen molar-refractivity contribution in [3.63, 3.8) is 0 Å². The minimum absolute atomic E-state index is 0.334. The lowest BCUT2D eigenvalue weighted by Gasteiger charge is -2.12. The van der Waals surface area contributed by atoms with Gasteiger partial charge in [0, 0.05) is 0 Å². The van der Waals surface area contributed by atoms with Crippen molar-refractivity contribution in [3.05, 3.63) is 59.7 Å². The summed E-state index contributed by atoms with van der Waals surface area (Å²) in [6, 6.07) is 8.41. The van der Waals surface area contributed by atoms with E-state index in [4.69, 9.17) is 5.73 Å². The summed E-state index contributed by atoms with van der Waals surface area (Å²) in [5, 5.41) is 8.71. The molecule has 0 spiro atoms. The average Bonchev–Trinajstić information content (AvgIpc) is 3.12. The zero-order valence-electron chi connectivity index (χ0n) is 14.7. The van der Waals surface area contributed by atoms with Gasteiger partial charge in [-0.25, -0.2) is 19.3 Å². The molecule has 1 aliphatic carbocycles. The van der Waals surface area contributed by atoms with Crippen molar-refractivity contribution in [3.8, 4) is 0 Å². The Morgan fingerprint density at radius 1 is 1.19 bits per heavy atom. The van der Waals surface area contributed by atoms with Gasteiger partial charge >= 0.3 is 0 Å². The molecule has 0 aliphatic heterocycles. The number of hydrogen-bond donors (Lipinski definition) is 1. The first-order chi connectivity index (χ1) is 12.6. The molecule has 3 aromatic rings. The van der Waals surface area contributed by atoms with Crippen LogP contribution in [-0.4, -0.2) is 35.4 Å². The van der Waals surface area contributed by atoms with E-state index in [-0.39, 0.29) is 5.91 Å². The third-order valence-electron chi connectivity index (χ3n) is 4.90. The van der Waals surface area contributed by atoms with Gasteiger partial charge in [0.25, 0.3) is 0 Å². The normalized spacial score (nSPS) is 15.1. The third kappa shape index (κ3) is 2.98. The fourth-order valence-corrected chi connectivity index (χ4v) is 3.14. The molecule has 1 aromatic carbocycles. The summed E-state index contributed by atoms with van der Waals surface area (Å²) in [6.45, 7) is 3.09. The monoisotopic (exact) mass is 351 g/mol. The molecule has 8 nitrogen and oxygen atoms in total. The Balaban J connectivity index is 1.66. The van der Waals surface area contributed by atoms with E-state index in [2.05, 4.69) is 51.4 Å². The van der Waals surface area contributed by atoms with E-state index < -0.39 is 5.41 Å². The molecule has 0 radical (unpaired) electrons. The molecule has 0 bridgehead atoms. The van der Waals surface area contributed by atoms with E-state index in [1.54, 1.807) is 11.0 Å². The maximum atomic E-state index is 12.0. The molecule has 2 N–H and O–H groups in total. The van der Waals surface area contributed by atoms with Gasteiger partial charge in [-0.3, -0.25) is 4.79 Å². The van der Waals surface area contributed by atoms with Crippen molar-refractivity contribution in [2.75, 3.05) is 0 Å². The number of rotatable bonds is 7. The van der Waals surface area contributed by atoms with Crippen LogP contribution in [0, 0.1) is 0 Å². The van der Waals surface area contributed by atoms with Crippen molar-refractivity contribution in [2.24, 2.45) is 5.73 Å². The lowest BCUT2D eigenvalue weighted by molar-refractivity contribution is -0.120. The highest BCUT2D eigenvalue weighted by molar-refractivity contribution is 5.88. The second-order valence-electron chi connectivity index (χ2n) is 6.72. The SMILES string of the molecule is CCc1ccc(Cn2nc(Cn3cncn3)nc2C2(C(N)=O)CC2)cc1. The van der Waals surface area contributed by atoms with Crippen LogP contribution in [0.5, 0.6) is 0 Å². The molecule has 2 heterocycles. The zero-order chi connectivity index (χ0) is 18.1. The number of amides is 1. The molecule has 134 valence electrons. The Kier molecular flexibility index (Phi) is 4.02. The minimum Gasteiger partial charge on any atom is -0.369 e. The summed E-state index contributed by atoms with van der Waals surface area (Å²) in [6.07, 6.45) is 5.53. The first kappa shape index (κ1) is 16.4. The predicted octanol–water partition coefficient (Wildman–Crippen LogP) is 1.05. The van der Waals surface area contributed by atoms with Gasteiger partial charge in [-0.05, 0) is 30.4 Å². The van der Waals surface area contributed by atoms with Gasteiger partial charge < -0.3 is 5.73 Å². The van der Waals surface area contributed by atoms with E-state index in [1.165, 1.54) is 11.9 Å². The van der Waals surface area contributed by atoms with E-state index >= 15 is 0 Å². The highest BCUT2D eigenvalue weighted by Crippen LogP contribution is 2.47. The van der Waals surface area contributed by atoms with Crippen LogP contribution in [0.25, 0.3) is 0 Å². The second-order valence-corrected chi connectivity index (χ2v) is 6.72. The van der Waals surface area contributed by atoms with Crippen LogP contribution in [0.4, 0.5) is 0 Å². The molecule has 26 heavy (non-hydrogen) atoms. The largest absolute Gasteiger partial charge is 0.369 e. The highest BCUT2D eigenvalue weighted by Gasteiger charge is 2.54. The molecule has 0 atom stereocenters. The van der Waals surface area contributed by atoms with Crippen LogP contribution in [-0.2, 0) is 29.7 Å². The maximum absolute atomic E-state index is 12.0. The first-order valence-corrected chi connectivity index (χ1v) is 8.75. The number of carbonyl (C=O) groups excluding carboxylic acids is 1. The number of nitrogens with zero attached hydrogens (tertiary/aromatic N) is 6. The van der Waals surface area contributed by atoms with Crippen molar-refractivity contribution in [2.45, 2.75) is 44.7 Å². The fourth-order valence-electron chi connectivity index (χ4n) is 3.14. The van der Waals surface area contributed by atoms with E-state index in [0.717, 1.165) is 24.8 Å². The smallest absolute Gasteiger partial charge is 0.231 e. The Labute approximate surface area is 151 Å². The van der Waals surface area contributed by atoms with Crippen LogP contribution in [0.1, 0.15) is 42.5 Å². The number of nitrogens with two attached hydrogens (primary N) is 1. The summed E-state index contributed by atoms with van der Waals surface area (Å²) in [5.74, 6) is 0.919. The van der Waals surface area contributed by atoms with Gasteiger partial charge in [-0.1, -0.05) is 31.2 Å². The number of hydrogen-bond acceptors (Lipinski definition) is 5. The van der Waals surface area contributed by atoms with E-state index in [0.29, 0.717) is 24.7 Å². The van der Waals surface area contributed by atoms with Crippen molar-refractivity contribution in [1.29, 1.82) is 0 Å². The van der Waals surface area contributed by atoms with Crippen LogP contribution >= 0.6 is 0 Å². The van der Waals surface area contributed by atoms with Crippen molar-refractivity contribution >= 4 is 5.91 Å². The number of benzene rings is 1. The highest BCUT2D eigenvalue weighted by atomic mass is 16.1. The standard InChI is InChI=1S/C18H21N7O/c1-2-13-3-5-14(6-4-13)9-25-17(18(7-8-18)16(19)26)22-15(23-25)10-24-12-20-11-21-24/h3-6,11-12H,2,7-10H2,1H3,(H2,19,26). The molecule has 4 rings (SSSR count). The maximum Gasteiger partial charge on any atom is 0.231 e. The Bertz CT molecular complexity index is 908. The summed E-state index contributed by atoms with van der Waals surface area (Å²) in [5.41, 5.74) is 7.38. The molecule has 1 aliphatic rings. The molecule has 1 saturated carbocycles. The summed E-state index contributed by atoms with van der Waals surface area (Å²) >= 11 is 0. The van der Waals surface area contributed by atoms with Gasteiger partial charge in [-0.15, -0.1) is 0 Å². The van der Waals surface area contributed by atoms with Crippen LogP contribution < -0.4 is 5.73 Å². The van der Waals surface area contributed by atoms with Gasteiger partial charge in [0.05, 0.1) is 6.54 Å². The van der Waals surface area contributed by atoms with E-state index in [9.17, 15) is 4.79 Å². The van der Waals surface area contributed by atoms with Gasteiger partial charge in [0.1, 0.15) is 30.4 Å². The molecule has 8 heteroatoms. The predicted molar refractivity (Wildman–Crippen MR) is 94.2 cm³/mol. The molecule has 2 aromatic heterocycles. The summed E-state index contributed by atoms with van der Waals surface area (Å²) in [7, 11) is 0. The number of aryl methyl sites for hydroxylation is 1. The average molecular weight is 351 g/mol. The number of aromatic nitrogens is 6. The van der Waals surface area contributed by atoms with Crippen LogP contribution in [0.3, 0.4) is 0 Å². The summed E-state index contributed by atoms with van der Waals surface area (Å²) < 4.78 is 3.47. The molecule has 0 saturated heterocycles. The fraction of sp³-hybridized carbons (Fsp3) is 0.389. The first-order valence-electron chi connectivity index (χ1n) is 8.75. The molecular weight excluding hydrogens is 330 g/mol. The number of carbonyl (C=O) groups is 1. The molecule has 0 unspecified atom stereocenters. The van der Waals surface area contributed by atoms with Gasteiger partial charge in [0.2, 0.25) is 5.91 Å². The lowest BCUT2D eigenvalue weighted by atomic mass is 10.1.